The molecule has 22 heavy (non-hydrogen) atoms. The molecule has 0 bridgehead atoms. The van der Waals surface area contributed by atoms with Gasteiger partial charge in [-0.05, 0) is 31.4 Å². The highest BCUT2D eigenvalue weighted by atomic mass is 127. The summed E-state index contributed by atoms with van der Waals surface area (Å²) in [5.74, 6) is 1.46. The normalized spacial score (nSPS) is 11.2. The van der Waals surface area contributed by atoms with Gasteiger partial charge in [-0.15, -0.1) is 24.0 Å². The smallest absolute Gasteiger partial charge is 0.191 e. The lowest BCUT2D eigenvalue weighted by Gasteiger charge is -2.12. The second kappa shape index (κ2) is 12.6. The van der Waals surface area contributed by atoms with Crippen LogP contribution in [-0.2, 0) is 11.3 Å². The summed E-state index contributed by atoms with van der Waals surface area (Å²) in [6.07, 6.45) is 1.10. The molecule has 0 spiro atoms. The number of aliphatic imine (C=N–C) groups is 1. The molecule has 0 aliphatic rings. The minimum atomic E-state index is 0. The largest absolute Gasteiger partial charge is 0.380 e. The van der Waals surface area contributed by atoms with E-state index in [1.165, 1.54) is 0 Å². The number of ether oxygens (including phenoxy) is 1. The first-order valence-electron chi connectivity index (χ1n) is 7.56. The lowest BCUT2D eigenvalue weighted by Crippen LogP contribution is -2.38. The first-order valence-corrected chi connectivity index (χ1v) is 7.56. The molecule has 1 rings (SSSR count). The highest BCUT2D eigenvalue weighted by Crippen LogP contribution is 1.98. The van der Waals surface area contributed by atoms with Crippen LogP contribution in [0.15, 0.2) is 23.2 Å². The number of halogens is 1. The number of hydrogen-bond acceptors (Lipinski definition) is 3. The molecule has 6 heteroatoms. The Kier molecular flexibility index (Phi) is 12.1. The predicted molar refractivity (Wildman–Crippen MR) is 103 cm³/mol. The van der Waals surface area contributed by atoms with E-state index in [1.54, 1.807) is 7.05 Å². The van der Waals surface area contributed by atoms with E-state index in [0.29, 0.717) is 19.1 Å². The summed E-state index contributed by atoms with van der Waals surface area (Å²) in [6, 6.07) is 6.01. The number of hydrogen-bond donors (Lipinski definition) is 2. The Labute approximate surface area is 151 Å². The molecule has 0 unspecified atom stereocenters. The van der Waals surface area contributed by atoms with Gasteiger partial charge >= 0.3 is 0 Å². The Morgan fingerprint density at radius 2 is 2.05 bits per heavy atom. The molecule has 0 aliphatic heterocycles. The van der Waals surface area contributed by atoms with Crippen molar-refractivity contribution in [1.29, 1.82) is 0 Å². The van der Waals surface area contributed by atoms with E-state index in [1.807, 2.05) is 25.1 Å². The minimum Gasteiger partial charge on any atom is -0.380 e. The zero-order chi connectivity index (χ0) is 15.5. The molecule has 0 aromatic carbocycles. The summed E-state index contributed by atoms with van der Waals surface area (Å²) >= 11 is 0. The Morgan fingerprint density at radius 1 is 1.27 bits per heavy atom. The van der Waals surface area contributed by atoms with Gasteiger partial charge in [0, 0.05) is 25.9 Å². The van der Waals surface area contributed by atoms with Gasteiger partial charge in [-0.3, -0.25) is 9.98 Å². The van der Waals surface area contributed by atoms with Crippen molar-refractivity contribution in [2.45, 2.75) is 33.7 Å². The summed E-state index contributed by atoms with van der Waals surface area (Å²) in [5, 5.41) is 6.47. The van der Waals surface area contributed by atoms with Crippen LogP contribution in [0.1, 0.15) is 31.7 Å². The van der Waals surface area contributed by atoms with Crippen molar-refractivity contribution >= 4 is 29.9 Å². The van der Waals surface area contributed by atoms with Gasteiger partial charge < -0.3 is 15.4 Å². The van der Waals surface area contributed by atoms with E-state index in [2.05, 4.69) is 34.5 Å². The summed E-state index contributed by atoms with van der Waals surface area (Å²) in [5.41, 5.74) is 2.03. The molecule has 0 aliphatic carbocycles. The minimum absolute atomic E-state index is 0. The lowest BCUT2D eigenvalue weighted by atomic mass is 10.1. The molecule has 0 saturated carbocycles. The maximum absolute atomic E-state index is 5.56. The van der Waals surface area contributed by atoms with Crippen LogP contribution in [-0.4, -0.2) is 37.7 Å². The van der Waals surface area contributed by atoms with Crippen molar-refractivity contribution < 1.29 is 4.74 Å². The molecule has 0 atom stereocenters. The van der Waals surface area contributed by atoms with Crippen LogP contribution in [0, 0.1) is 12.8 Å². The average Bonchev–Trinajstić information content (AvgIpc) is 2.45. The van der Waals surface area contributed by atoms with E-state index in [-0.39, 0.29) is 24.0 Å². The van der Waals surface area contributed by atoms with Gasteiger partial charge in [-0.1, -0.05) is 19.9 Å². The molecule has 1 aromatic heterocycles. The number of aryl methyl sites for hydroxylation is 1. The molecular weight excluding hydrogens is 391 g/mol. The van der Waals surface area contributed by atoms with Crippen LogP contribution < -0.4 is 10.6 Å². The van der Waals surface area contributed by atoms with Crippen LogP contribution in [0.25, 0.3) is 0 Å². The average molecular weight is 420 g/mol. The summed E-state index contributed by atoms with van der Waals surface area (Å²) < 4.78 is 5.56. The molecule has 0 saturated heterocycles. The summed E-state index contributed by atoms with van der Waals surface area (Å²) in [7, 11) is 1.76. The first kappa shape index (κ1) is 21.1. The quantitative estimate of drug-likeness (QED) is 0.294. The Hall–Kier alpha value is -0.890. The number of rotatable bonds is 8. The van der Waals surface area contributed by atoms with Gasteiger partial charge in [0.2, 0.25) is 0 Å². The third-order valence-corrected chi connectivity index (χ3v) is 2.98. The van der Waals surface area contributed by atoms with E-state index in [4.69, 9.17) is 4.74 Å². The summed E-state index contributed by atoms with van der Waals surface area (Å²) in [4.78, 5) is 8.63. The SMILES string of the molecule is CN=C(NCCOCCC(C)C)NCc1cccc(C)n1.I. The number of pyridine rings is 1. The van der Waals surface area contributed by atoms with Gasteiger partial charge in [0.05, 0.1) is 18.8 Å². The van der Waals surface area contributed by atoms with E-state index in [9.17, 15) is 0 Å². The van der Waals surface area contributed by atoms with Gasteiger partial charge in [0.25, 0.3) is 0 Å². The molecule has 5 nitrogen and oxygen atoms in total. The number of nitrogens with one attached hydrogen (secondary N) is 2. The standard InChI is InChI=1S/C16H28N4O.HI/c1-13(2)8-10-21-11-9-18-16(17-4)19-12-15-7-5-6-14(3)20-15;/h5-7,13H,8-12H2,1-4H3,(H2,17,18,19);1H. The first-order chi connectivity index (χ1) is 10.1. The molecule has 1 heterocycles. The van der Waals surface area contributed by atoms with Gasteiger partial charge in [-0.25, -0.2) is 0 Å². The third kappa shape index (κ3) is 9.94. The molecular formula is C16H29IN4O. The van der Waals surface area contributed by atoms with Crippen molar-refractivity contribution in [3.8, 4) is 0 Å². The van der Waals surface area contributed by atoms with E-state index < -0.39 is 0 Å². The number of nitrogens with zero attached hydrogens (tertiary/aromatic N) is 2. The number of aromatic nitrogens is 1. The van der Waals surface area contributed by atoms with Crippen molar-refractivity contribution in [2.24, 2.45) is 10.9 Å². The topological polar surface area (TPSA) is 58.5 Å². The fraction of sp³-hybridized carbons (Fsp3) is 0.625. The maximum atomic E-state index is 5.56. The van der Waals surface area contributed by atoms with Crippen molar-refractivity contribution in [2.75, 3.05) is 26.8 Å². The van der Waals surface area contributed by atoms with Crippen molar-refractivity contribution in [1.82, 2.24) is 15.6 Å². The van der Waals surface area contributed by atoms with Crippen LogP contribution in [0.3, 0.4) is 0 Å². The molecule has 0 radical (unpaired) electrons. The van der Waals surface area contributed by atoms with Gasteiger partial charge in [0.1, 0.15) is 0 Å². The molecule has 0 amide bonds. The van der Waals surface area contributed by atoms with Crippen molar-refractivity contribution in [3.05, 3.63) is 29.6 Å². The molecule has 126 valence electrons. The Bertz CT molecular complexity index is 438. The van der Waals surface area contributed by atoms with E-state index in [0.717, 1.165) is 36.9 Å². The van der Waals surface area contributed by atoms with Crippen LogP contribution >= 0.6 is 24.0 Å². The zero-order valence-electron chi connectivity index (χ0n) is 14.1. The fourth-order valence-corrected chi connectivity index (χ4v) is 1.76. The van der Waals surface area contributed by atoms with Crippen LogP contribution in [0.4, 0.5) is 0 Å². The Morgan fingerprint density at radius 3 is 2.68 bits per heavy atom. The predicted octanol–water partition coefficient (Wildman–Crippen LogP) is 2.74. The van der Waals surface area contributed by atoms with Gasteiger partial charge in [-0.2, -0.15) is 0 Å². The molecule has 2 N–H and O–H groups in total. The third-order valence-electron chi connectivity index (χ3n) is 2.98. The highest BCUT2D eigenvalue weighted by Gasteiger charge is 1.99. The van der Waals surface area contributed by atoms with E-state index >= 15 is 0 Å². The maximum Gasteiger partial charge on any atom is 0.191 e. The van der Waals surface area contributed by atoms with Crippen LogP contribution in [0.5, 0.6) is 0 Å². The Balaban J connectivity index is 0.00000441. The second-order valence-electron chi connectivity index (χ2n) is 5.42. The van der Waals surface area contributed by atoms with Gasteiger partial charge in [0.15, 0.2) is 5.96 Å². The van der Waals surface area contributed by atoms with Crippen LogP contribution in [0.2, 0.25) is 0 Å². The molecule has 1 aromatic rings. The second-order valence-corrected chi connectivity index (χ2v) is 5.42. The highest BCUT2D eigenvalue weighted by molar-refractivity contribution is 14.0. The summed E-state index contributed by atoms with van der Waals surface area (Å²) in [6.45, 7) is 9.31. The lowest BCUT2D eigenvalue weighted by molar-refractivity contribution is 0.128. The van der Waals surface area contributed by atoms with Crippen molar-refractivity contribution in [3.63, 3.8) is 0 Å². The fourth-order valence-electron chi connectivity index (χ4n) is 1.76. The zero-order valence-corrected chi connectivity index (χ0v) is 16.4. The molecule has 0 fully saturated rings. The monoisotopic (exact) mass is 420 g/mol. The number of guanidine groups is 1.